The Morgan fingerprint density at radius 1 is 1.48 bits per heavy atom. The largest absolute Gasteiger partial charge is 0.480 e. The number of hydrogen-bond donors (Lipinski definition) is 5. The molecule has 1 aromatic rings. The molecule has 1 aromatic heterocycles. The molecular weight excluding hydrogens is 274 g/mol. The third-order valence-corrected chi connectivity index (χ3v) is 2.42. The van der Waals surface area contributed by atoms with Crippen molar-refractivity contribution in [3.8, 4) is 0 Å². The number of rotatable bonds is 6. The van der Waals surface area contributed by atoms with E-state index in [1.165, 1.54) is 0 Å². The fourth-order valence-corrected chi connectivity index (χ4v) is 1.36. The van der Waals surface area contributed by atoms with Crippen LogP contribution in [0.3, 0.4) is 0 Å². The molecule has 0 aromatic carbocycles. The molecule has 0 fully saturated rings. The minimum Gasteiger partial charge on any atom is -0.480 e. The Morgan fingerprint density at radius 2 is 2.19 bits per heavy atom. The van der Waals surface area contributed by atoms with E-state index >= 15 is 0 Å². The molecule has 1 rings (SSSR count). The zero-order chi connectivity index (χ0) is 15.8. The number of nitrogens with two attached hydrogens (primary N) is 3. The molecule has 9 nitrogen and oxygen atoms in total. The molecule has 9 heteroatoms. The van der Waals surface area contributed by atoms with E-state index in [0.29, 0.717) is 11.5 Å². The van der Waals surface area contributed by atoms with E-state index in [1.54, 1.807) is 25.3 Å². The van der Waals surface area contributed by atoms with Crippen molar-refractivity contribution in [2.75, 3.05) is 0 Å². The smallest absolute Gasteiger partial charge is 0.320 e. The number of aromatic nitrogens is 1. The van der Waals surface area contributed by atoms with E-state index in [-0.39, 0.29) is 18.9 Å². The van der Waals surface area contributed by atoms with Crippen LogP contribution in [0.15, 0.2) is 28.4 Å². The van der Waals surface area contributed by atoms with Crippen LogP contribution in [0.4, 0.5) is 0 Å². The lowest BCUT2D eigenvalue weighted by atomic mass is 10.1. The van der Waals surface area contributed by atoms with Gasteiger partial charge in [0.2, 0.25) is 5.96 Å². The molecule has 1 unspecified atom stereocenters. The first-order valence-corrected chi connectivity index (χ1v) is 6.16. The van der Waals surface area contributed by atoms with Crippen molar-refractivity contribution < 1.29 is 9.90 Å². The van der Waals surface area contributed by atoms with Gasteiger partial charge in [0.15, 0.2) is 0 Å². The average molecular weight is 293 g/mol. The molecule has 0 amide bonds. The molecule has 0 aliphatic carbocycles. The van der Waals surface area contributed by atoms with Gasteiger partial charge >= 0.3 is 5.97 Å². The van der Waals surface area contributed by atoms with Gasteiger partial charge < -0.3 is 22.3 Å². The molecule has 1 heterocycles. The zero-order valence-corrected chi connectivity index (χ0v) is 11.7. The highest BCUT2D eigenvalue weighted by Gasteiger charge is 2.11. The quantitative estimate of drug-likeness (QED) is 0.248. The second-order valence-electron chi connectivity index (χ2n) is 4.37. The summed E-state index contributed by atoms with van der Waals surface area (Å²) in [6.07, 6.45) is 1.79. The predicted octanol–water partition coefficient (Wildman–Crippen LogP) is -1.27. The molecule has 0 spiro atoms. The fourth-order valence-electron chi connectivity index (χ4n) is 1.36. The Hall–Kier alpha value is -2.68. The van der Waals surface area contributed by atoms with Gasteiger partial charge in [-0.3, -0.25) is 9.78 Å². The molecular formula is C12H19N7O2. The molecule has 8 N–H and O–H groups in total. The van der Waals surface area contributed by atoms with Gasteiger partial charge in [0.1, 0.15) is 11.9 Å². The van der Waals surface area contributed by atoms with Crippen molar-refractivity contribution in [1.82, 2.24) is 10.4 Å². The Kier molecular flexibility index (Phi) is 6.08. The second-order valence-corrected chi connectivity index (χ2v) is 4.37. The molecule has 0 radical (unpaired) electrons. The van der Waals surface area contributed by atoms with Crippen LogP contribution in [0.25, 0.3) is 0 Å². The van der Waals surface area contributed by atoms with E-state index in [0.717, 1.165) is 5.56 Å². The lowest BCUT2D eigenvalue weighted by Gasteiger charge is -2.06. The van der Waals surface area contributed by atoms with Crippen molar-refractivity contribution in [1.29, 1.82) is 0 Å². The number of amidine groups is 1. The summed E-state index contributed by atoms with van der Waals surface area (Å²) >= 11 is 0. The lowest BCUT2D eigenvalue weighted by Crippen LogP contribution is -2.32. The first-order valence-electron chi connectivity index (χ1n) is 6.16. The number of carboxylic acids is 1. The number of carboxylic acid groups (broad SMARTS) is 1. The van der Waals surface area contributed by atoms with Gasteiger partial charge in [-0.15, -0.1) is 0 Å². The van der Waals surface area contributed by atoms with Gasteiger partial charge in [-0.2, -0.15) is 5.10 Å². The minimum atomic E-state index is -1.04. The van der Waals surface area contributed by atoms with Crippen LogP contribution in [0.1, 0.15) is 18.2 Å². The van der Waals surface area contributed by atoms with Crippen molar-refractivity contribution in [2.45, 2.75) is 25.9 Å². The van der Waals surface area contributed by atoms with E-state index in [2.05, 4.69) is 20.5 Å². The highest BCUT2D eigenvalue weighted by Crippen LogP contribution is 2.04. The summed E-state index contributed by atoms with van der Waals surface area (Å²) in [5, 5.41) is 12.4. The van der Waals surface area contributed by atoms with E-state index in [4.69, 9.17) is 22.3 Å². The van der Waals surface area contributed by atoms with Crippen molar-refractivity contribution in [3.63, 3.8) is 0 Å². The van der Waals surface area contributed by atoms with Crippen molar-refractivity contribution in [3.05, 3.63) is 29.6 Å². The standard InChI is InChI=1S/C12H19N7O2/c1-7(13)18-19-12(15)17-6-9-3-2-8(5-16-9)4-10(14)11(20)21/h2-3,5,10H,4,6,14H2,1H3,(H2,13,18)(H,20,21)(H3,15,17,19). The summed E-state index contributed by atoms with van der Waals surface area (Å²) in [4.78, 5) is 18.8. The maximum atomic E-state index is 10.7. The molecule has 0 aliphatic heterocycles. The number of pyridine rings is 1. The Labute approximate surface area is 121 Å². The van der Waals surface area contributed by atoms with Crippen LogP contribution in [0.2, 0.25) is 0 Å². The average Bonchev–Trinajstić information content (AvgIpc) is 2.44. The van der Waals surface area contributed by atoms with Crippen LogP contribution < -0.4 is 22.6 Å². The first kappa shape index (κ1) is 16.4. The molecule has 0 aliphatic rings. The van der Waals surface area contributed by atoms with Gasteiger partial charge in [0.05, 0.1) is 12.2 Å². The van der Waals surface area contributed by atoms with Crippen molar-refractivity contribution in [2.24, 2.45) is 27.3 Å². The first-order chi connectivity index (χ1) is 9.88. The summed E-state index contributed by atoms with van der Waals surface area (Å²) < 4.78 is 0. The zero-order valence-electron chi connectivity index (χ0n) is 11.7. The molecule has 21 heavy (non-hydrogen) atoms. The second kappa shape index (κ2) is 7.80. The van der Waals surface area contributed by atoms with Crippen LogP contribution >= 0.6 is 0 Å². The van der Waals surface area contributed by atoms with Crippen LogP contribution in [0, 0.1) is 0 Å². The number of carbonyl (C=O) groups is 1. The SMILES string of the molecule is C/C(N)=N/NC(N)=NCc1ccc(CC(N)C(=O)O)cn1. The lowest BCUT2D eigenvalue weighted by molar-refractivity contribution is -0.138. The highest BCUT2D eigenvalue weighted by atomic mass is 16.4. The van der Waals surface area contributed by atoms with Gasteiger partial charge in [0, 0.05) is 6.20 Å². The summed E-state index contributed by atoms with van der Waals surface area (Å²) in [6, 6.07) is 2.55. The van der Waals surface area contributed by atoms with E-state index in [9.17, 15) is 4.79 Å². The molecule has 0 saturated carbocycles. The Balaban J connectivity index is 2.56. The van der Waals surface area contributed by atoms with Gasteiger partial charge in [0.25, 0.3) is 0 Å². The maximum absolute atomic E-state index is 10.7. The maximum Gasteiger partial charge on any atom is 0.320 e. The molecule has 1 atom stereocenters. The highest BCUT2D eigenvalue weighted by molar-refractivity contribution is 5.82. The van der Waals surface area contributed by atoms with Crippen LogP contribution in [0.5, 0.6) is 0 Å². The number of nitrogens with one attached hydrogen (secondary N) is 1. The number of aliphatic carboxylic acids is 1. The van der Waals surface area contributed by atoms with E-state index in [1.807, 2.05) is 0 Å². The monoisotopic (exact) mass is 293 g/mol. The summed E-state index contributed by atoms with van der Waals surface area (Å²) in [5.74, 6) is -0.581. The fraction of sp³-hybridized carbons (Fsp3) is 0.333. The van der Waals surface area contributed by atoms with Crippen LogP contribution in [-0.4, -0.2) is 33.9 Å². The molecule has 0 bridgehead atoms. The third kappa shape index (κ3) is 6.34. The number of nitrogens with zero attached hydrogens (tertiary/aromatic N) is 3. The van der Waals surface area contributed by atoms with Gasteiger partial charge in [-0.05, 0) is 25.0 Å². The number of guanidine groups is 1. The Bertz CT molecular complexity index is 535. The molecule has 114 valence electrons. The normalized spacial score (nSPS) is 13.8. The molecule has 0 saturated heterocycles. The summed E-state index contributed by atoms with van der Waals surface area (Å²) in [6.45, 7) is 1.88. The minimum absolute atomic E-state index is 0.124. The van der Waals surface area contributed by atoms with Gasteiger partial charge in [-0.25, -0.2) is 10.4 Å². The number of hydrogen-bond acceptors (Lipinski definition) is 5. The third-order valence-electron chi connectivity index (χ3n) is 2.42. The van der Waals surface area contributed by atoms with Gasteiger partial charge in [-0.1, -0.05) is 6.07 Å². The van der Waals surface area contributed by atoms with Crippen molar-refractivity contribution >= 4 is 17.8 Å². The summed E-state index contributed by atoms with van der Waals surface area (Å²) in [5.41, 5.74) is 20.3. The summed E-state index contributed by atoms with van der Waals surface area (Å²) in [7, 11) is 0. The van der Waals surface area contributed by atoms with E-state index < -0.39 is 12.0 Å². The number of aliphatic imine (C=N–C) groups is 1. The van der Waals surface area contributed by atoms with Crippen LogP contribution in [-0.2, 0) is 17.8 Å². The number of hydrazone groups is 1. The topological polar surface area (TPSA) is 165 Å². The predicted molar refractivity (Wildman–Crippen MR) is 79.3 cm³/mol. The Morgan fingerprint density at radius 3 is 2.71 bits per heavy atom.